The first kappa shape index (κ1) is 13.8. The quantitative estimate of drug-likeness (QED) is 0.837. The molecule has 1 aromatic carbocycles. The maximum Gasteiger partial charge on any atom is 0.121 e. The molecule has 20 heavy (non-hydrogen) atoms. The normalized spacial score (nSPS) is 25.1. The van der Waals surface area contributed by atoms with Gasteiger partial charge in [0, 0.05) is 12.8 Å². The fraction of sp³-hybridized carbons (Fsp3) is 0.562. The van der Waals surface area contributed by atoms with Crippen molar-refractivity contribution in [2.24, 2.45) is 0 Å². The van der Waals surface area contributed by atoms with Crippen LogP contribution in [0.3, 0.4) is 0 Å². The zero-order chi connectivity index (χ0) is 13.8. The first-order valence-electron chi connectivity index (χ1n) is 7.18. The average molecular weight is 289 g/mol. The zero-order valence-electron chi connectivity index (χ0n) is 11.5. The third-order valence-corrected chi connectivity index (χ3v) is 5.10. The molecule has 1 unspecified atom stereocenters. The van der Waals surface area contributed by atoms with E-state index in [0.717, 1.165) is 38.0 Å². The van der Waals surface area contributed by atoms with Crippen molar-refractivity contribution in [2.75, 3.05) is 18.1 Å². The minimum absolute atomic E-state index is 0.0427. The summed E-state index contributed by atoms with van der Waals surface area (Å²) in [5, 5.41) is 8.94. The third-order valence-electron chi connectivity index (χ3n) is 4.12. The SMILES string of the molecule is N#Cc1cccc(OC2CCOC3(CCSCC3)C2)c1. The molecule has 2 fully saturated rings. The number of hydrogen-bond donors (Lipinski definition) is 0. The molecule has 106 valence electrons. The van der Waals surface area contributed by atoms with Crippen molar-refractivity contribution in [2.45, 2.75) is 37.4 Å². The van der Waals surface area contributed by atoms with E-state index in [9.17, 15) is 0 Å². The predicted molar refractivity (Wildman–Crippen MR) is 80.0 cm³/mol. The van der Waals surface area contributed by atoms with Crippen molar-refractivity contribution in [1.29, 1.82) is 5.26 Å². The summed E-state index contributed by atoms with van der Waals surface area (Å²) in [5.74, 6) is 3.18. The smallest absolute Gasteiger partial charge is 0.121 e. The van der Waals surface area contributed by atoms with Crippen LogP contribution in [0.2, 0.25) is 0 Å². The molecule has 4 heteroatoms. The first-order chi connectivity index (χ1) is 9.80. The molecule has 1 aromatic rings. The minimum atomic E-state index is 0.0427. The number of nitriles is 1. The number of nitrogens with zero attached hydrogens (tertiary/aromatic N) is 1. The number of ether oxygens (including phenoxy) is 2. The summed E-state index contributed by atoms with van der Waals surface area (Å²) < 4.78 is 12.2. The summed E-state index contributed by atoms with van der Waals surface area (Å²) in [4.78, 5) is 0. The highest BCUT2D eigenvalue weighted by atomic mass is 32.2. The number of rotatable bonds is 2. The fourth-order valence-corrected chi connectivity index (χ4v) is 4.24. The highest BCUT2D eigenvalue weighted by molar-refractivity contribution is 7.99. The van der Waals surface area contributed by atoms with E-state index in [1.54, 1.807) is 6.07 Å². The van der Waals surface area contributed by atoms with Crippen molar-refractivity contribution in [3.8, 4) is 11.8 Å². The summed E-state index contributed by atoms with van der Waals surface area (Å²) in [7, 11) is 0. The van der Waals surface area contributed by atoms with E-state index in [0.29, 0.717) is 5.56 Å². The molecular weight excluding hydrogens is 270 g/mol. The molecule has 0 aromatic heterocycles. The lowest BCUT2D eigenvalue weighted by Crippen LogP contribution is -2.46. The highest BCUT2D eigenvalue weighted by Gasteiger charge is 2.39. The third kappa shape index (κ3) is 3.11. The Labute approximate surface area is 124 Å². The standard InChI is InChI=1S/C16H19NO2S/c17-12-13-2-1-3-14(10-13)19-15-4-7-18-16(11-15)5-8-20-9-6-16/h1-3,10,15H,4-9,11H2. The van der Waals surface area contributed by atoms with Crippen molar-refractivity contribution in [3.63, 3.8) is 0 Å². The van der Waals surface area contributed by atoms with Gasteiger partial charge in [0.1, 0.15) is 11.9 Å². The second-order valence-corrected chi connectivity index (χ2v) is 6.74. The van der Waals surface area contributed by atoms with Crippen LogP contribution >= 0.6 is 11.8 Å². The maximum absolute atomic E-state index is 8.94. The van der Waals surface area contributed by atoms with Gasteiger partial charge in [0.05, 0.1) is 23.8 Å². The van der Waals surface area contributed by atoms with Gasteiger partial charge in [-0.15, -0.1) is 0 Å². The van der Waals surface area contributed by atoms with Gasteiger partial charge in [-0.3, -0.25) is 0 Å². The average Bonchev–Trinajstić information content (AvgIpc) is 2.48. The van der Waals surface area contributed by atoms with Crippen LogP contribution in [0.5, 0.6) is 5.75 Å². The Balaban J connectivity index is 1.66. The Kier molecular flexibility index (Phi) is 4.18. The van der Waals surface area contributed by atoms with Crippen LogP contribution in [0.4, 0.5) is 0 Å². The largest absolute Gasteiger partial charge is 0.490 e. The van der Waals surface area contributed by atoms with E-state index in [-0.39, 0.29) is 11.7 Å². The molecule has 0 aliphatic carbocycles. The highest BCUT2D eigenvalue weighted by Crippen LogP contribution is 2.38. The molecule has 1 atom stereocenters. The van der Waals surface area contributed by atoms with E-state index in [1.807, 2.05) is 30.0 Å². The summed E-state index contributed by atoms with van der Waals surface area (Å²) in [5.41, 5.74) is 0.694. The Morgan fingerprint density at radius 3 is 3.00 bits per heavy atom. The molecule has 0 amide bonds. The summed E-state index contributed by atoms with van der Waals surface area (Å²) >= 11 is 2.02. The Morgan fingerprint density at radius 2 is 2.20 bits per heavy atom. The number of benzene rings is 1. The van der Waals surface area contributed by atoms with Crippen LogP contribution in [-0.2, 0) is 4.74 Å². The van der Waals surface area contributed by atoms with Gasteiger partial charge in [-0.25, -0.2) is 0 Å². The molecule has 2 heterocycles. The maximum atomic E-state index is 8.94. The molecule has 0 bridgehead atoms. The van der Waals surface area contributed by atoms with E-state index in [2.05, 4.69) is 6.07 Å². The van der Waals surface area contributed by atoms with Gasteiger partial charge in [-0.05, 0) is 42.5 Å². The lowest BCUT2D eigenvalue weighted by Gasteiger charge is -2.43. The van der Waals surface area contributed by atoms with Crippen LogP contribution in [0, 0.1) is 11.3 Å². The Morgan fingerprint density at radius 1 is 1.35 bits per heavy atom. The van der Waals surface area contributed by atoms with E-state index >= 15 is 0 Å². The minimum Gasteiger partial charge on any atom is -0.490 e. The summed E-state index contributed by atoms with van der Waals surface area (Å²) in [6.07, 6.45) is 4.39. The molecule has 2 aliphatic heterocycles. The van der Waals surface area contributed by atoms with Crippen molar-refractivity contribution >= 4 is 11.8 Å². The molecule has 2 saturated heterocycles. The lowest BCUT2D eigenvalue weighted by molar-refractivity contribution is -0.116. The summed E-state index contributed by atoms with van der Waals surface area (Å²) in [6.45, 7) is 0.785. The van der Waals surface area contributed by atoms with Crippen molar-refractivity contribution in [1.82, 2.24) is 0 Å². The first-order valence-corrected chi connectivity index (χ1v) is 8.34. The van der Waals surface area contributed by atoms with E-state index < -0.39 is 0 Å². The zero-order valence-corrected chi connectivity index (χ0v) is 12.3. The van der Waals surface area contributed by atoms with Gasteiger partial charge in [0.2, 0.25) is 0 Å². The molecule has 0 radical (unpaired) electrons. The van der Waals surface area contributed by atoms with Gasteiger partial charge in [-0.1, -0.05) is 6.07 Å². The van der Waals surface area contributed by atoms with Crippen molar-refractivity contribution < 1.29 is 9.47 Å². The van der Waals surface area contributed by atoms with Gasteiger partial charge in [0.15, 0.2) is 0 Å². The van der Waals surface area contributed by atoms with Gasteiger partial charge in [0.25, 0.3) is 0 Å². The second kappa shape index (κ2) is 6.07. The Bertz CT molecular complexity index is 500. The fourth-order valence-electron chi connectivity index (χ4n) is 3.01. The van der Waals surface area contributed by atoms with Crippen LogP contribution in [0.15, 0.2) is 24.3 Å². The number of thioether (sulfide) groups is 1. The summed E-state index contributed by atoms with van der Waals surface area (Å²) in [6, 6.07) is 9.58. The molecule has 1 spiro atoms. The predicted octanol–water partition coefficient (Wildman–Crippen LogP) is 3.38. The monoisotopic (exact) mass is 289 g/mol. The van der Waals surface area contributed by atoms with Crippen LogP contribution in [-0.4, -0.2) is 29.8 Å². The van der Waals surface area contributed by atoms with Gasteiger partial charge >= 0.3 is 0 Å². The number of hydrogen-bond acceptors (Lipinski definition) is 4. The molecule has 0 N–H and O–H groups in total. The molecule has 3 nitrogen and oxygen atoms in total. The second-order valence-electron chi connectivity index (χ2n) is 5.52. The lowest BCUT2D eigenvalue weighted by atomic mass is 9.86. The van der Waals surface area contributed by atoms with Gasteiger partial charge < -0.3 is 9.47 Å². The van der Waals surface area contributed by atoms with Crippen molar-refractivity contribution in [3.05, 3.63) is 29.8 Å². The van der Waals surface area contributed by atoms with Crippen LogP contribution in [0.25, 0.3) is 0 Å². The molecular formula is C16H19NO2S. The van der Waals surface area contributed by atoms with Crippen LogP contribution in [0.1, 0.15) is 31.2 Å². The Hall–Kier alpha value is -1.18. The molecule has 2 aliphatic rings. The van der Waals surface area contributed by atoms with Gasteiger partial charge in [-0.2, -0.15) is 17.0 Å². The molecule has 0 saturated carbocycles. The van der Waals surface area contributed by atoms with E-state index in [1.165, 1.54) is 11.5 Å². The van der Waals surface area contributed by atoms with E-state index in [4.69, 9.17) is 14.7 Å². The van der Waals surface area contributed by atoms with Crippen LogP contribution < -0.4 is 4.74 Å². The molecule has 3 rings (SSSR count). The topological polar surface area (TPSA) is 42.2 Å².